The number of carbonyl (C=O) groups is 2. The second kappa shape index (κ2) is 12.1. The van der Waals surface area contributed by atoms with Crippen LogP contribution in [0.4, 0.5) is 5.69 Å². The van der Waals surface area contributed by atoms with Gasteiger partial charge in [0.15, 0.2) is 23.0 Å². The van der Waals surface area contributed by atoms with Gasteiger partial charge in [-0.2, -0.15) is 0 Å². The van der Waals surface area contributed by atoms with Crippen LogP contribution >= 0.6 is 0 Å². The van der Waals surface area contributed by atoms with Gasteiger partial charge < -0.3 is 38.1 Å². The van der Waals surface area contributed by atoms with Crippen molar-refractivity contribution < 1.29 is 42.7 Å². The summed E-state index contributed by atoms with van der Waals surface area (Å²) in [5, 5.41) is 0. The molecule has 1 amide bonds. The number of fused-ring (bicyclic) bond motifs is 1. The summed E-state index contributed by atoms with van der Waals surface area (Å²) in [5.41, 5.74) is 1.71. The van der Waals surface area contributed by atoms with Gasteiger partial charge in [0, 0.05) is 16.8 Å². The van der Waals surface area contributed by atoms with Gasteiger partial charge in [-0.15, -0.1) is 0 Å². The van der Waals surface area contributed by atoms with Crippen LogP contribution in [0.1, 0.15) is 59.4 Å². The lowest BCUT2D eigenvalue weighted by atomic mass is 9.79. The molecule has 0 aliphatic carbocycles. The second-order valence-electron chi connectivity index (χ2n) is 10.5. The highest BCUT2D eigenvalue weighted by Crippen LogP contribution is 2.47. The molecule has 0 unspecified atom stereocenters. The predicted molar refractivity (Wildman–Crippen MR) is 158 cm³/mol. The Morgan fingerprint density at radius 3 is 1.64 bits per heavy atom. The molecule has 0 aromatic heterocycles. The maximum Gasteiger partial charge on any atom is 0.343 e. The van der Waals surface area contributed by atoms with E-state index in [0.29, 0.717) is 52.2 Å². The highest BCUT2D eigenvalue weighted by atomic mass is 16.5. The maximum atomic E-state index is 14.1. The third-order valence-electron chi connectivity index (χ3n) is 7.41. The molecule has 42 heavy (non-hydrogen) atoms. The normalized spacial score (nSPS) is 15.3. The Morgan fingerprint density at radius 2 is 1.19 bits per heavy atom. The molecule has 10 heteroatoms. The van der Waals surface area contributed by atoms with Crippen molar-refractivity contribution in [2.45, 2.75) is 38.6 Å². The van der Waals surface area contributed by atoms with Crippen LogP contribution in [0.5, 0.6) is 40.2 Å². The van der Waals surface area contributed by atoms with Crippen molar-refractivity contribution in [3.05, 3.63) is 59.2 Å². The number of hydrogen-bond acceptors (Lipinski definition) is 9. The number of hydrogen-bond donors (Lipinski definition) is 0. The van der Waals surface area contributed by atoms with Gasteiger partial charge in [0.2, 0.25) is 11.5 Å². The fourth-order valence-corrected chi connectivity index (χ4v) is 5.55. The third kappa shape index (κ3) is 5.48. The Hall–Kier alpha value is -4.60. The van der Waals surface area contributed by atoms with Gasteiger partial charge in [0.05, 0.1) is 48.2 Å². The summed E-state index contributed by atoms with van der Waals surface area (Å²) in [7, 11) is 8.97. The molecule has 1 atom stereocenters. The molecule has 0 saturated heterocycles. The molecule has 0 bridgehead atoms. The molecule has 0 spiro atoms. The first-order chi connectivity index (χ1) is 20.0. The number of ether oxygens (including phenoxy) is 7. The van der Waals surface area contributed by atoms with E-state index in [0.717, 1.165) is 11.3 Å². The third-order valence-corrected chi connectivity index (χ3v) is 7.41. The minimum atomic E-state index is -0.594. The molecule has 10 nitrogen and oxygen atoms in total. The van der Waals surface area contributed by atoms with Crippen LogP contribution in [0.25, 0.3) is 0 Å². The number of benzene rings is 3. The summed E-state index contributed by atoms with van der Waals surface area (Å²) in [6.07, 6.45) is 0.681. The fourth-order valence-electron chi connectivity index (χ4n) is 5.55. The molecule has 4 rings (SSSR count). The van der Waals surface area contributed by atoms with E-state index in [9.17, 15) is 9.59 Å². The molecule has 0 N–H and O–H groups in total. The topological polar surface area (TPSA) is 102 Å². The van der Waals surface area contributed by atoms with Gasteiger partial charge in [-0.25, -0.2) is 4.79 Å². The summed E-state index contributed by atoms with van der Waals surface area (Å²) in [4.78, 5) is 29.0. The average Bonchev–Trinajstić information content (AvgIpc) is 2.98. The Morgan fingerprint density at radius 1 is 0.714 bits per heavy atom. The van der Waals surface area contributed by atoms with Gasteiger partial charge in [-0.05, 0) is 74.2 Å². The maximum absolute atomic E-state index is 14.1. The van der Waals surface area contributed by atoms with E-state index in [1.807, 2.05) is 13.8 Å². The number of methoxy groups -OCH3 is 6. The first-order valence-corrected chi connectivity index (χ1v) is 13.3. The van der Waals surface area contributed by atoms with Crippen molar-refractivity contribution in [1.29, 1.82) is 0 Å². The smallest absolute Gasteiger partial charge is 0.343 e. The summed E-state index contributed by atoms with van der Waals surface area (Å²) in [5.74, 6) is 1.84. The SMILES string of the molecule is COc1cc(C(=O)Oc2ccc3c(c2)[C@@H](C)CC(C)(C)N3C(=O)c2cc(OC)c(OC)c(OC)c2)cc(OC)c1OC. The summed E-state index contributed by atoms with van der Waals surface area (Å²) in [6, 6.07) is 11.6. The van der Waals surface area contributed by atoms with Crippen molar-refractivity contribution >= 4 is 17.6 Å². The van der Waals surface area contributed by atoms with Crippen molar-refractivity contribution in [2.75, 3.05) is 47.6 Å². The van der Waals surface area contributed by atoms with Gasteiger partial charge >= 0.3 is 5.97 Å². The second-order valence-corrected chi connectivity index (χ2v) is 10.5. The lowest BCUT2D eigenvalue weighted by Crippen LogP contribution is -2.51. The van der Waals surface area contributed by atoms with E-state index in [2.05, 4.69) is 6.92 Å². The first-order valence-electron chi connectivity index (χ1n) is 13.3. The van der Waals surface area contributed by atoms with E-state index in [-0.39, 0.29) is 17.4 Å². The van der Waals surface area contributed by atoms with Crippen molar-refractivity contribution in [2.24, 2.45) is 0 Å². The van der Waals surface area contributed by atoms with E-state index in [4.69, 9.17) is 33.2 Å². The molecule has 1 aliphatic rings. The Kier molecular flexibility index (Phi) is 8.75. The first kappa shape index (κ1) is 30.4. The molecule has 0 saturated carbocycles. The molecule has 0 radical (unpaired) electrons. The van der Waals surface area contributed by atoms with Gasteiger partial charge in [0.1, 0.15) is 5.75 Å². The molecule has 1 heterocycles. The zero-order valence-electron chi connectivity index (χ0n) is 25.4. The van der Waals surface area contributed by atoms with Crippen LogP contribution in [-0.4, -0.2) is 60.1 Å². The fraction of sp³-hybridized carbons (Fsp3) is 0.375. The molecular weight excluding hydrogens is 542 g/mol. The Labute approximate surface area is 246 Å². The molecule has 1 aliphatic heterocycles. The standard InChI is InChI=1S/C32H37NO9/c1-18-17-32(2,3)33(30(34)19-12-24(36-4)28(40-8)25(13-19)37-5)23-11-10-21(16-22(18)23)42-31(35)20-14-26(38-6)29(41-9)27(15-20)39-7/h10-16,18H,17H2,1-9H3/t18-/m0/s1. The minimum absolute atomic E-state index is 0.0822. The number of nitrogens with zero attached hydrogens (tertiary/aromatic N) is 1. The van der Waals surface area contributed by atoms with E-state index in [1.54, 1.807) is 35.2 Å². The zero-order chi connectivity index (χ0) is 30.8. The summed E-state index contributed by atoms with van der Waals surface area (Å²) < 4.78 is 38.2. The van der Waals surface area contributed by atoms with Crippen molar-refractivity contribution in [3.63, 3.8) is 0 Å². The lowest BCUT2D eigenvalue weighted by Gasteiger charge is -2.46. The summed E-state index contributed by atoms with van der Waals surface area (Å²) >= 11 is 0. The number of esters is 1. The molecular formula is C32H37NO9. The number of carbonyl (C=O) groups excluding carboxylic acids is 2. The van der Waals surface area contributed by atoms with Crippen LogP contribution in [0.2, 0.25) is 0 Å². The highest BCUT2D eigenvalue weighted by molar-refractivity contribution is 6.08. The number of amides is 1. The van der Waals surface area contributed by atoms with Crippen LogP contribution < -0.4 is 38.1 Å². The molecule has 224 valence electrons. The monoisotopic (exact) mass is 579 g/mol. The van der Waals surface area contributed by atoms with Gasteiger partial charge in [-0.1, -0.05) is 6.92 Å². The van der Waals surface area contributed by atoms with Crippen LogP contribution in [0, 0.1) is 0 Å². The van der Waals surface area contributed by atoms with Crippen LogP contribution in [0.15, 0.2) is 42.5 Å². The van der Waals surface area contributed by atoms with Crippen molar-refractivity contribution in [1.82, 2.24) is 0 Å². The quantitative estimate of drug-likeness (QED) is 0.227. The number of rotatable bonds is 9. The summed E-state index contributed by atoms with van der Waals surface area (Å²) in [6.45, 7) is 6.15. The molecule has 3 aromatic carbocycles. The number of anilines is 1. The van der Waals surface area contributed by atoms with E-state index in [1.165, 1.54) is 54.8 Å². The highest BCUT2D eigenvalue weighted by Gasteiger charge is 2.41. The van der Waals surface area contributed by atoms with Crippen molar-refractivity contribution in [3.8, 4) is 40.2 Å². The lowest BCUT2D eigenvalue weighted by molar-refractivity contribution is 0.0733. The largest absolute Gasteiger partial charge is 0.493 e. The van der Waals surface area contributed by atoms with E-state index < -0.39 is 11.5 Å². The van der Waals surface area contributed by atoms with E-state index >= 15 is 0 Å². The van der Waals surface area contributed by atoms with Crippen LogP contribution in [-0.2, 0) is 0 Å². The minimum Gasteiger partial charge on any atom is -0.493 e. The Balaban J connectivity index is 1.71. The molecule has 3 aromatic rings. The van der Waals surface area contributed by atoms with Gasteiger partial charge in [0.25, 0.3) is 5.91 Å². The predicted octanol–water partition coefficient (Wildman–Crippen LogP) is 5.89. The van der Waals surface area contributed by atoms with Gasteiger partial charge in [-0.3, -0.25) is 4.79 Å². The zero-order valence-corrected chi connectivity index (χ0v) is 25.4. The average molecular weight is 580 g/mol. The molecule has 0 fully saturated rings. The van der Waals surface area contributed by atoms with Crippen LogP contribution in [0.3, 0.4) is 0 Å². The Bertz CT molecular complexity index is 1450.